The van der Waals surface area contributed by atoms with Gasteiger partial charge in [-0.05, 0) is 56.3 Å². The molecule has 1 fully saturated rings. The minimum Gasteiger partial charge on any atom is -0.353 e. The quantitative estimate of drug-likeness (QED) is 0.803. The number of nitrogens with one attached hydrogen (secondary N) is 1. The zero-order valence-electron chi connectivity index (χ0n) is 14.6. The molecule has 24 heavy (non-hydrogen) atoms. The minimum atomic E-state index is 1.01. The molecule has 4 rings (SSSR count). The highest BCUT2D eigenvalue weighted by molar-refractivity contribution is 6.08. The summed E-state index contributed by atoms with van der Waals surface area (Å²) in [5.74, 6) is 1.10. The van der Waals surface area contributed by atoms with Crippen LogP contribution in [0.15, 0.2) is 41.4 Å². The molecule has 0 bridgehead atoms. The van der Waals surface area contributed by atoms with Gasteiger partial charge in [0.2, 0.25) is 0 Å². The van der Waals surface area contributed by atoms with Crippen LogP contribution in [0.2, 0.25) is 0 Å². The number of anilines is 2. The first-order valence-electron chi connectivity index (χ1n) is 8.61. The van der Waals surface area contributed by atoms with Crippen molar-refractivity contribution in [1.29, 1.82) is 0 Å². The van der Waals surface area contributed by atoms with Gasteiger partial charge in [0, 0.05) is 37.4 Å². The summed E-state index contributed by atoms with van der Waals surface area (Å²) >= 11 is 0. The number of aryl methyl sites for hydroxylation is 2. The van der Waals surface area contributed by atoms with E-state index in [9.17, 15) is 0 Å². The molecular weight excluding hydrogens is 296 g/mol. The standard InChI is InChI=1S/C20H24N4/c1-14-12-16-19(13-15(14)2)21-17-6-4-5-7-18(17)22-20(16)24-10-8-23(3)9-11-24/h4-7,12-13,21H,8-11H2,1-3H3. The van der Waals surface area contributed by atoms with Crippen LogP contribution in [0.3, 0.4) is 0 Å². The zero-order valence-corrected chi connectivity index (χ0v) is 14.6. The average molecular weight is 320 g/mol. The van der Waals surface area contributed by atoms with E-state index in [0.29, 0.717) is 0 Å². The van der Waals surface area contributed by atoms with Gasteiger partial charge in [0.1, 0.15) is 5.84 Å². The first kappa shape index (κ1) is 15.2. The van der Waals surface area contributed by atoms with Crippen molar-refractivity contribution in [2.24, 2.45) is 4.99 Å². The Balaban J connectivity index is 1.86. The predicted octanol–water partition coefficient (Wildman–Crippen LogP) is 3.69. The van der Waals surface area contributed by atoms with Gasteiger partial charge in [0.25, 0.3) is 0 Å². The number of rotatable bonds is 0. The molecule has 2 aliphatic rings. The van der Waals surface area contributed by atoms with E-state index in [1.54, 1.807) is 0 Å². The van der Waals surface area contributed by atoms with Gasteiger partial charge in [-0.1, -0.05) is 12.1 Å². The van der Waals surface area contributed by atoms with E-state index in [0.717, 1.165) is 49.1 Å². The Hall–Kier alpha value is -2.33. The van der Waals surface area contributed by atoms with Crippen molar-refractivity contribution in [3.05, 3.63) is 53.1 Å². The third-order valence-electron chi connectivity index (χ3n) is 5.08. The van der Waals surface area contributed by atoms with Gasteiger partial charge >= 0.3 is 0 Å². The Morgan fingerprint density at radius 2 is 1.62 bits per heavy atom. The molecule has 0 unspecified atom stereocenters. The summed E-state index contributed by atoms with van der Waals surface area (Å²) in [6, 6.07) is 12.8. The molecule has 0 spiro atoms. The molecule has 4 heteroatoms. The molecule has 0 saturated carbocycles. The van der Waals surface area contributed by atoms with E-state index in [1.807, 2.05) is 0 Å². The van der Waals surface area contributed by atoms with Crippen LogP contribution in [0.4, 0.5) is 17.1 Å². The van der Waals surface area contributed by atoms with Crippen LogP contribution in [0, 0.1) is 13.8 Å². The molecule has 0 aromatic heterocycles. The molecule has 1 N–H and O–H groups in total. The van der Waals surface area contributed by atoms with E-state index in [-0.39, 0.29) is 0 Å². The molecule has 2 aromatic carbocycles. The number of benzene rings is 2. The normalized spacial score (nSPS) is 17.5. The lowest BCUT2D eigenvalue weighted by Crippen LogP contribution is -2.47. The average Bonchev–Trinajstić information content (AvgIpc) is 2.73. The number of amidine groups is 1. The molecule has 4 nitrogen and oxygen atoms in total. The Morgan fingerprint density at radius 1 is 0.917 bits per heavy atom. The molecule has 0 amide bonds. The summed E-state index contributed by atoms with van der Waals surface area (Å²) in [6.45, 7) is 8.53. The number of aliphatic imine (C=N–C) groups is 1. The van der Waals surface area contributed by atoms with Crippen LogP contribution < -0.4 is 5.32 Å². The van der Waals surface area contributed by atoms with Crippen LogP contribution in [-0.2, 0) is 0 Å². The number of hydrogen-bond donors (Lipinski definition) is 1. The van der Waals surface area contributed by atoms with E-state index >= 15 is 0 Å². The lowest BCUT2D eigenvalue weighted by Gasteiger charge is -2.35. The van der Waals surface area contributed by atoms with Crippen molar-refractivity contribution in [1.82, 2.24) is 9.80 Å². The SMILES string of the molecule is Cc1cc2c(cc1C)C(N1CCN(C)CC1)=Nc1ccccc1N2. The monoisotopic (exact) mass is 320 g/mol. The largest absolute Gasteiger partial charge is 0.353 e. The lowest BCUT2D eigenvalue weighted by molar-refractivity contribution is 0.216. The number of para-hydroxylation sites is 2. The summed E-state index contributed by atoms with van der Waals surface area (Å²) in [5.41, 5.74) is 7.06. The summed E-state index contributed by atoms with van der Waals surface area (Å²) in [5, 5.41) is 3.60. The lowest BCUT2D eigenvalue weighted by atomic mass is 10.0. The summed E-state index contributed by atoms with van der Waals surface area (Å²) in [4.78, 5) is 9.87. The summed E-state index contributed by atoms with van der Waals surface area (Å²) in [7, 11) is 2.19. The highest BCUT2D eigenvalue weighted by atomic mass is 15.3. The molecular formula is C20H24N4. The van der Waals surface area contributed by atoms with Crippen molar-refractivity contribution in [2.75, 3.05) is 38.5 Å². The Kier molecular flexibility index (Phi) is 3.77. The van der Waals surface area contributed by atoms with Gasteiger partial charge in [0.15, 0.2) is 0 Å². The van der Waals surface area contributed by atoms with Crippen molar-refractivity contribution in [3.8, 4) is 0 Å². The van der Waals surface area contributed by atoms with Crippen LogP contribution in [-0.4, -0.2) is 48.9 Å². The van der Waals surface area contributed by atoms with E-state index in [4.69, 9.17) is 4.99 Å². The first-order chi connectivity index (χ1) is 11.6. The maximum atomic E-state index is 5.06. The maximum absolute atomic E-state index is 5.06. The summed E-state index contributed by atoms with van der Waals surface area (Å²) in [6.07, 6.45) is 0. The van der Waals surface area contributed by atoms with Crippen LogP contribution in [0.25, 0.3) is 0 Å². The second kappa shape index (κ2) is 5.95. The van der Waals surface area contributed by atoms with Gasteiger partial charge in [0.05, 0.1) is 11.4 Å². The highest BCUT2D eigenvalue weighted by Gasteiger charge is 2.24. The second-order valence-corrected chi connectivity index (χ2v) is 6.85. The maximum Gasteiger partial charge on any atom is 0.138 e. The summed E-state index contributed by atoms with van der Waals surface area (Å²) < 4.78 is 0. The predicted molar refractivity (Wildman–Crippen MR) is 101 cm³/mol. The van der Waals surface area contributed by atoms with Gasteiger partial charge in [-0.2, -0.15) is 0 Å². The van der Waals surface area contributed by atoms with Crippen molar-refractivity contribution in [2.45, 2.75) is 13.8 Å². The van der Waals surface area contributed by atoms with Gasteiger partial charge in [-0.25, -0.2) is 4.99 Å². The van der Waals surface area contributed by atoms with Gasteiger partial charge in [-0.3, -0.25) is 0 Å². The Labute approximate surface area is 143 Å². The first-order valence-corrected chi connectivity index (χ1v) is 8.61. The van der Waals surface area contributed by atoms with Gasteiger partial charge in [-0.15, -0.1) is 0 Å². The second-order valence-electron chi connectivity index (χ2n) is 6.85. The zero-order chi connectivity index (χ0) is 16.7. The topological polar surface area (TPSA) is 30.9 Å². The minimum absolute atomic E-state index is 1.01. The van der Waals surface area contributed by atoms with Crippen molar-refractivity contribution >= 4 is 22.9 Å². The number of likely N-dealkylation sites (N-methyl/N-ethyl adjacent to an activating group) is 1. The number of fused-ring (bicyclic) bond motifs is 2. The van der Waals surface area contributed by atoms with Crippen molar-refractivity contribution in [3.63, 3.8) is 0 Å². The van der Waals surface area contributed by atoms with Crippen LogP contribution in [0.1, 0.15) is 16.7 Å². The Bertz CT molecular complexity index is 801. The smallest absolute Gasteiger partial charge is 0.138 e. The van der Waals surface area contributed by atoms with Crippen LogP contribution >= 0.6 is 0 Å². The molecule has 0 atom stereocenters. The number of nitrogens with zero attached hydrogens (tertiary/aromatic N) is 3. The molecule has 124 valence electrons. The third-order valence-corrected chi connectivity index (χ3v) is 5.08. The molecule has 2 aliphatic heterocycles. The molecule has 0 radical (unpaired) electrons. The van der Waals surface area contributed by atoms with E-state index in [1.165, 1.54) is 16.7 Å². The fraction of sp³-hybridized carbons (Fsp3) is 0.350. The Morgan fingerprint density at radius 3 is 2.42 bits per heavy atom. The molecule has 2 heterocycles. The van der Waals surface area contributed by atoms with Crippen molar-refractivity contribution < 1.29 is 0 Å². The van der Waals surface area contributed by atoms with Crippen LogP contribution in [0.5, 0.6) is 0 Å². The van der Waals surface area contributed by atoms with E-state index in [2.05, 4.69) is 72.4 Å². The molecule has 0 aliphatic carbocycles. The molecule has 1 saturated heterocycles. The van der Waals surface area contributed by atoms with E-state index < -0.39 is 0 Å². The van der Waals surface area contributed by atoms with Gasteiger partial charge < -0.3 is 15.1 Å². The molecule has 2 aromatic rings. The fourth-order valence-electron chi connectivity index (χ4n) is 3.36. The number of piperazine rings is 1. The fourth-order valence-corrected chi connectivity index (χ4v) is 3.36. The third kappa shape index (κ3) is 2.67. The number of hydrogen-bond acceptors (Lipinski definition) is 4. The highest BCUT2D eigenvalue weighted by Crippen LogP contribution is 2.35.